The fraction of sp³-hybridized carbons (Fsp3) is 0.167. The first-order chi connectivity index (χ1) is 16.9. The molecular formula is C24H15Cl2F4N3O3. The molecule has 0 fully saturated rings. The number of aliphatic hydroxyl groups is 1. The van der Waals surface area contributed by atoms with E-state index in [0.29, 0.717) is 0 Å². The predicted octanol–water partition coefficient (Wildman–Crippen LogP) is 5.77. The molecule has 186 valence electrons. The van der Waals surface area contributed by atoms with E-state index in [2.05, 4.69) is 10.6 Å². The van der Waals surface area contributed by atoms with E-state index < -0.39 is 47.7 Å². The molecule has 12 heteroatoms. The van der Waals surface area contributed by atoms with Gasteiger partial charge in [-0.1, -0.05) is 41.4 Å². The van der Waals surface area contributed by atoms with Gasteiger partial charge < -0.3 is 15.7 Å². The zero-order valence-corrected chi connectivity index (χ0v) is 19.5. The number of nitrogens with zero attached hydrogens (tertiary/aromatic N) is 1. The number of β-amino-alcohol motifs (C(OH)–C–C–N with tert-alkyl or cyclic N) is 1. The SMILES string of the molecule is O=C1N[C@H](c2cc(F)ccc2Cl)c2c(NC(=O)N3C[C@](O)(C(F)(F)F)c4ccccc43)cc(Cl)cc21. The van der Waals surface area contributed by atoms with Crippen molar-refractivity contribution >= 4 is 46.5 Å². The molecule has 0 aliphatic carbocycles. The molecule has 0 spiro atoms. The Labute approximate surface area is 211 Å². The van der Waals surface area contributed by atoms with Gasteiger partial charge in [-0.15, -0.1) is 0 Å². The molecule has 0 saturated carbocycles. The molecule has 3 amide bonds. The maximum Gasteiger partial charge on any atom is 0.423 e. The molecule has 36 heavy (non-hydrogen) atoms. The standard InChI is InChI=1S/C24H15Cl2F4N3O3/c25-11-7-14-19(20(32-21(14)34)13-9-12(27)5-6-16(13)26)17(8-11)31-22(35)33-10-23(36,24(28,29)30)15-3-1-2-4-18(15)33/h1-9,20,36H,10H2,(H,31,35)(H,32,34)/t20-,23-/m1/s1. The van der Waals surface area contributed by atoms with Crippen LogP contribution in [0.4, 0.5) is 33.7 Å². The van der Waals surface area contributed by atoms with Gasteiger partial charge in [0.05, 0.1) is 24.0 Å². The van der Waals surface area contributed by atoms with Crippen LogP contribution in [0.25, 0.3) is 0 Å². The Morgan fingerprint density at radius 3 is 2.58 bits per heavy atom. The number of nitrogens with one attached hydrogen (secondary N) is 2. The van der Waals surface area contributed by atoms with Gasteiger partial charge in [0.1, 0.15) is 5.82 Å². The number of para-hydroxylation sites is 1. The Morgan fingerprint density at radius 1 is 1.14 bits per heavy atom. The lowest BCUT2D eigenvalue weighted by Crippen LogP contribution is -2.48. The molecule has 0 saturated heterocycles. The van der Waals surface area contributed by atoms with Gasteiger partial charge in [0.2, 0.25) is 5.60 Å². The van der Waals surface area contributed by atoms with Crippen LogP contribution in [-0.2, 0) is 5.60 Å². The van der Waals surface area contributed by atoms with E-state index >= 15 is 0 Å². The molecule has 2 aliphatic heterocycles. The van der Waals surface area contributed by atoms with Crippen LogP contribution in [0.3, 0.4) is 0 Å². The number of amides is 3. The van der Waals surface area contributed by atoms with E-state index in [4.69, 9.17) is 23.2 Å². The molecule has 3 aromatic rings. The van der Waals surface area contributed by atoms with Gasteiger partial charge in [0, 0.05) is 32.3 Å². The van der Waals surface area contributed by atoms with Gasteiger partial charge in [0.15, 0.2) is 0 Å². The minimum absolute atomic E-state index is 0.00566. The van der Waals surface area contributed by atoms with Crippen LogP contribution >= 0.6 is 23.2 Å². The number of alkyl halides is 3. The zero-order valence-electron chi connectivity index (χ0n) is 18.0. The van der Waals surface area contributed by atoms with Crippen molar-refractivity contribution in [3.8, 4) is 0 Å². The van der Waals surface area contributed by atoms with Crippen LogP contribution in [0.5, 0.6) is 0 Å². The summed E-state index contributed by atoms with van der Waals surface area (Å²) in [5, 5.41) is 15.9. The van der Waals surface area contributed by atoms with E-state index in [9.17, 15) is 32.3 Å². The molecule has 0 radical (unpaired) electrons. The maximum atomic E-state index is 14.0. The van der Waals surface area contributed by atoms with Crippen molar-refractivity contribution in [2.24, 2.45) is 0 Å². The van der Waals surface area contributed by atoms with Crippen molar-refractivity contribution in [2.75, 3.05) is 16.8 Å². The molecule has 2 heterocycles. The van der Waals surface area contributed by atoms with E-state index in [-0.39, 0.29) is 38.1 Å². The summed E-state index contributed by atoms with van der Waals surface area (Å²) < 4.78 is 55.3. The lowest BCUT2D eigenvalue weighted by Gasteiger charge is -2.27. The van der Waals surface area contributed by atoms with Gasteiger partial charge in [-0.2, -0.15) is 13.2 Å². The minimum atomic E-state index is -5.05. The summed E-state index contributed by atoms with van der Waals surface area (Å²) in [6.07, 6.45) is -5.05. The molecule has 0 bridgehead atoms. The number of hydrogen-bond acceptors (Lipinski definition) is 3. The summed E-state index contributed by atoms with van der Waals surface area (Å²) in [7, 11) is 0. The molecule has 5 rings (SSSR count). The number of carbonyl (C=O) groups excluding carboxylic acids is 2. The number of hydrogen-bond donors (Lipinski definition) is 3. The third-order valence-corrected chi connectivity index (χ3v) is 6.77. The number of halogens is 6. The van der Waals surface area contributed by atoms with Crippen LogP contribution in [0.15, 0.2) is 54.6 Å². The minimum Gasteiger partial charge on any atom is -0.375 e. The largest absolute Gasteiger partial charge is 0.423 e. The van der Waals surface area contributed by atoms with Gasteiger partial charge >= 0.3 is 12.2 Å². The summed E-state index contributed by atoms with van der Waals surface area (Å²) in [4.78, 5) is 26.7. The van der Waals surface area contributed by atoms with Crippen LogP contribution in [0.2, 0.25) is 10.0 Å². The highest BCUT2D eigenvalue weighted by atomic mass is 35.5. The highest BCUT2D eigenvalue weighted by molar-refractivity contribution is 6.32. The smallest absolute Gasteiger partial charge is 0.375 e. The van der Waals surface area contributed by atoms with Gasteiger partial charge in [-0.25, -0.2) is 9.18 Å². The Balaban J connectivity index is 1.56. The number of benzene rings is 3. The third kappa shape index (κ3) is 3.76. The summed E-state index contributed by atoms with van der Waals surface area (Å²) in [5.74, 6) is -1.18. The summed E-state index contributed by atoms with van der Waals surface area (Å²) >= 11 is 12.4. The van der Waals surface area contributed by atoms with Crippen LogP contribution in [0, 0.1) is 5.82 Å². The van der Waals surface area contributed by atoms with Crippen molar-refractivity contribution in [2.45, 2.75) is 17.8 Å². The Morgan fingerprint density at radius 2 is 1.86 bits per heavy atom. The monoisotopic (exact) mass is 539 g/mol. The van der Waals surface area contributed by atoms with Crippen LogP contribution in [-0.4, -0.2) is 29.8 Å². The van der Waals surface area contributed by atoms with Crippen molar-refractivity contribution in [3.05, 3.63) is 92.7 Å². The molecule has 0 aromatic heterocycles. The topological polar surface area (TPSA) is 81.7 Å². The summed E-state index contributed by atoms with van der Waals surface area (Å²) in [6.45, 7) is -1.08. The van der Waals surface area contributed by atoms with Gasteiger partial charge in [0.25, 0.3) is 5.91 Å². The van der Waals surface area contributed by atoms with E-state index in [0.717, 1.165) is 23.1 Å². The molecule has 3 aromatic carbocycles. The summed E-state index contributed by atoms with van der Waals surface area (Å²) in [5.41, 5.74) is -3.37. The number of anilines is 2. The highest BCUT2D eigenvalue weighted by Crippen LogP contribution is 2.49. The van der Waals surface area contributed by atoms with E-state index in [1.54, 1.807) is 0 Å². The van der Waals surface area contributed by atoms with E-state index in [1.165, 1.54) is 36.4 Å². The first-order valence-corrected chi connectivity index (χ1v) is 11.2. The number of carbonyl (C=O) groups is 2. The molecule has 2 atom stereocenters. The second-order valence-electron chi connectivity index (χ2n) is 8.38. The quantitative estimate of drug-likeness (QED) is 0.362. The first kappa shape index (κ1) is 24.4. The molecule has 0 unspecified atom stereocenters. The summed E-state index contributed by atoms with van der Waals surface area (Å²) in [6, 6.07) is 9.40. The van der Waals surface area contributed by atoms with Gasteiger partial charge in [-0.05, 0) is 36.4 Å². The molecule has 6 nitrogen and oxygen atoms in total. The average molecular weight is 540 g/mol. The van der Waals surface area contributed by atoms with Crippen molar-refractivity contribution in [1.29, 1.82) is 0 Å². The molecule has 3 N–H and O–H groups in total. The third-order valence-electron chi connectivity index (χ3n) is 6.21. The normalized spacial score (nSPS) is 20.7. The zero-order chi connectivity index (χ0) is 26.0. The Hall–Kier alpha value is -3.34. The van der Waals surface area contributed by atoms with E-state index in [1.807, 2.05) is 0 Å². The molecular weight excluding hydrogens is 525 g/mol. The lowest BCUT2D eigenvalue weighted by atomic mass is 9.96. The number of urea groups is 1. The predicted molar refractivity (Wildman–Crippen MR) is 125 cm³/mol. The second-order valence-corrected chi connectivity index (χ2v) is 9.22. The highest BCUT2D eigenvalue weighted by Gasteiger charge is 2.61. The number of rotatable bonds is 2. The Kier molecular flexibility index (Phi) is 5.66. The second kappa shape index (κ2) is 8.36. The molecule has 2 aliphatic rings. The van der Waals surface area contributed by atoms with Crippen LogP contribution < -0.4 is 15.5 Å². The van der Waals surface area contributed by atoms with Crippen molar-refractivity contribution in [3.63, 3.8) is 0 Å². The first-order valence-electron chi connectivity index (χ1n) is 10.5. The van der Waals surface area contributed by atoms with Crippen molar-refractivity contribution in [1.82, 2.24) is 5.32 Å². The average Bonchev–Trinajstić information content (AvgIpc) is 3.31. The maximum absolute atomic E-state index is 14.0. The lowest BCUT2D eigenvalue weighted by molar-refractivity contribution is -0.258. The fourth-order valence-electron chi connectivity index (χ4n) is 4.53. The Bertz CT molecular complexity index is 1430. The van der Waals surface area contributed by atoms with Crippen molar-refractivity contribution < 1.29 is 32.3 Å². The van der Waals surface area contributed by atoms with Crippen LogP contribution in [0.1, 0.15) is 33.1 Å². The fourth-order valence-corrected chi connectivity index (χ4v) is 4.98. The number of fused-ring (bicyclic) bond motifs is 2. The van der Waals surface area contributed by atoms with Gasteiger partial charge in [-0.3, -0.25) is 9.69 Å².